The second-order valence-corrected chi connectivity index (χ2v) is 6.17. The lowest BCUT2D eigenvalue weighted by Crippen LogP contribution is -2.21. The molecule has 3 nitrogen and oxygen atoms in total. The summed E-state index contributed by atoms with van der Waals surface area (Å²) >= 11 is 0. The van der Waals surface area contributed by atoms with Crippen molar-refractivity contribution in [2.75, 3.05) is 13.2 Å². The van der Waals surface area contributed by atoms with Crippen LogP contribution in [0.3, 0.4) is 0 Å². The van der Waals surface area contributed by atoms with Gasteiger partial charge in [0.1, 0.15) is 0 Å². The van der Waals surface area contributed by atoms with E-state index in [0.717, 1.165) is 23.7 Å². The quantitative estimate of drug-likeness (QED) is 0.739. The lowest BCUT2D eigenvalue weighted by Gasteiger charge is -2.21. The maximum atomic E-state index is 12.8. The second-order valence-electron chi connectivity index (χ2n) is 6.17. The van der Waals surface area contributed by atoms with E-state index in [0.29, 0.717) is 30.7 Å². The molecule has 2 aliphatic carbocycles. The Hall–Kier alpha value is -1.51. The molecule has 0 spiro atoms. The van der Waals surface area contributed by atoms with E-state index in [4.69, 9.17) is 9.47 Å². The van der Waals surface area contributed by atoms with Crippen LogP contribution in [0.25, 0.3) is 0 Å². The van der Waals surface area contributed by atoms with Crippen LogP contribution in [0, 0.1) is 17.8 Å². The summed E-state index contributed by atoms with van der Waals surface area (Å²) in [4.78, 5) is 12.8. The van der Waals surface area contributed by atoms with Crippen LogP contribution in [0.1, 0.15) is 49.9 Å². The number of fused-ring (bicyclic) bond motifs is 2. The van der Waals surface area contributed by atoms with Gasteiger partial charge < -0.3 is 9.47 Å². The third-order valence-electron chi connectivity index (χ3n) is 4.90. The number of Topliss-reactive ketones (excluding diaryl/α,β-unsaturated/α-hetero) is 1. The lowest BCUT2D eigenvalue weighted by molar-refractivity contribution is 0.0874. The fraction of sp³-hybridized carbons (Fsp3) is 0.611. The van der Waals surface area contributed by atoms with Crippen LogP contribution in [-0.2, 0) is 0 Å². The number of carbonyl (C=O) groups is 1. The molecule has 2 aliphatic rings. The van der Waals surface area contributed by atoms with Gasteiger partial charge in [-0.25, -0.2) is 0 Å². The van der Waals surface area contributed by atoms with Gasteiger partial charge in [-0.15, -0.1) is 0 Å². The van der Waals surface area contributed by atoms with Gasteiger partial charge in [0, 0.05) is 11.5 Å². The molecule has 0 heterocycles. The minimum absolute atomic E-state index is 0.233. The highest BCUT2D eigenvalue weighted by atomic mass is 16.5. The van der Waals surface area contributed by atoms with Gasteiger partial charge in [-0.05, 0) is 63.1 Å². The van der Waals surface area contributed by atoms with Crippen LogP contribution in [0.2, 0.25) is 0 Å². The van der Waals surface area contributed by atoms with Crippen LogP contribution >= 0.6 is 0 Å². The first-order valence-electron chi connectivity index (χ1n) is 8.16. The molecule has 0 N–H and O–H groups in total. The topological polar surface area (TPSA) is 35.5 Å². The van der Waals surface area contributed by atoms with Gasteiger partial charge in [-0.1, -0.05) is 6.42 Å². The molecule has 0 saturated heterocycles. The number of ketones is 1. The first-order chi connectivity index (χ1) is 10.2. The van der Waals surface area contributed by atoms with Gasteiger partial charge in [0.2, 0.25) is 0 Å². The van der Waals surface area contributed by atoms with Crippen LogP contribution in [0.15, 0.2) is 18.2 Å². The highest BCUT2D eigenvalue weighted by Crippen LogP contribution is 2.49. The summed E-state index contributed by atoms with van der Waals surface area (Å²) in [7, 11) is 0. The molecule has 2 fully saturated rings. The Kier molecular flexibility index (Phi) is 4.18. The third-order valence-corrected chi connectivity index (χ3v) is 4.90. The SMILES string of the molecule is CCOc1ccc(C(=O)C2CC3CCC2C3)cc1OCC. The summed E-state index contributed by atoms with van der Waals surface area (Å²) in [6.45, 7) is 5.07. The zero-order valence-electron chi connectivity index (χ0n) is 12.9. The van der Waals surface area contributed by atoms with E-state index in [1.165, 1.54) is 19.3 Å². The summed E-state index contributed by atoms with van der Waals surface area (Å²) in [6, 6.07) is 5.62. The van der Waals surface area contributed by atoms with Gasteiger partial charge in [0.25, 0.3) is 0 Å². The zero-order chi connectivity index (χ0) is 14.8. The average molecular weight is 288 g/mol. The zero-order valence-corrected chi connectivity index (χ0v) is 12.9. The molecule has 0 aliphatic heterocycles. The predicted molar refractivity (Wildman–Crippen MR) is 82.0 cm³/mol. The summed E-state index contributed by atoms with van der Waals surface area (Å²) < 4.78 is 11.2. The average Bonchev–Trinajstić information content (AvgIpc) is 3.11. The van der Waals surface area contributed by atoms with Crippen molar-refractivity contribution >= 4 is 5.78 Å². The van der Waals surface area contributed by atoms with E-state index in [9.17, 15) is 4.79 Å². The van der Waals surface area contributed by atoms with Crippen molar-refractivity contribution in [3.63, 3.8) is 0 Å². The van der Waals surface area contributed by atoms with Crippen molar-refractivity contribution in [3.8, 4) is 11.5 Å². The molecule has 0 radical (unpaired) electrons. The summed E-state index contributed by atoms with van der Waals surface area (Å²) in [5, 5.41) is 0. The standard InChI is InChI=1S/C18H24O3/c1-3-20-16-8-7-14(11-17(16)21-4-2)18(19)15-10-12-5-6-13(15)9-12/h7-8,11-13,15H,3-6,9-10H2,1-2H3. The molecule has 114 valence electrons. The summed E-state index contributed by atoms with van der Waals surface area (Å²) in [5.41, 5.74) is 0.777. The summed E-state index contributed by atoms with van der Waals surface area (Å²) in [6.07, 6.45) is 4.89. The maximum Gasteiger partial charge on any atom is 0.166 e. The lowest BCUT2D eigenvalue weighted by atomic mass is 9.83. The number of carbonyl (C=O) groups excluding carboxylic acids is 1. The number of hydrogen-bond donors (Lipinski definition) is 0. The third kappa shape index (κ3) is 2.78. The molecular weight excluding hydrogens is 264 g/mol. The number of ether oxygens (including phenoxy) is 2. The Morgan fingerprint density at radius 3 is 2.48 bits per heavy atom. The fourth-order valence-corrected chi connectivity index (χ4v) is 3.98. The van der Waals surface area contributed by atoms with Crippen LogP contribution < -0.4 is 9.47 Å². The van der Waals surface area contributed by atoms with Gasteiger partial charge in [-0.2, -0.15) is 0 Å². The molecule has 0 aromatic heterocycles. The largest absolute Gasteiger partial charge is 0.490 e. The molecule has 3 heteroatoms. The van der Waals surface area contributed by atoms with E-state index in [2.05, 4.69) is 0 Å². The second kappa shape index (κ2) is 6.08. The Balaban J connectivity index is 1.81. The maximum absolute atomic E-state index is 12.8. The first-order valence-corrected chi connectivity index (χ1v) is 8.16. The van der Waals surface area contributed by atoms with Gasteiger partial charge in [-0.3, -0.25) is 4.79 Å². The Morgan fingerprint density at radius 2 is 1.86 bits per heavy atom. The molecule has 2 bridgehead atoms. The molecular formula is C18H24O3. The molecule has 3 atom stereocenters. The van der Waals surface area contributed by atoms with Crippen LogP contribution in [0.5, 0.6) is 11.5 Å². The van der Waals surface area contributed by atoms with Crippen molar-refractivity contribution in [2.24, 2.45) is 17.8 Å². The molecule has 1 aromatic carbocycles. The van der Waals surface area contributed by atoms with Crippen molar-refractivity contribution in [2.45, 2.75) is 39.5 Å². The first kappa shape index (κ1) is 14.4. The monoisotopic (exact) mass is 288 g/mol. The van der Waals surface area contributed by atoms with Gasteiger partial charge >= 0.3 is 0 Å². The van der Waals surface area contributed by atoms with Crippen molar-refractivity contribution < 1.29 is 14.3 Å². The number of hydrogen-bond acceptors (Lipinski definition) is 3. The van der Waals surface area contributed by atoms with E-state index in [1.807, 2.05) is 32.0 Å². The highest BCUT2D eigenvalue weighted by Gasteiger charge is 2.43. The Labute approximate surface area is 126 Å². The fourth-order valence-electron chi connectivity index (χ4n) is 3.98. The minimum atomic E-state index is 0.233. The van der Waals surface area contributed by atoms with Crippen LogP contribution in [0.4, 0.5) is 0 Å². The van der Waals surface area contributed by atoms with E-state index >= 15 is 0 Å². The van der Waals surface area contributed by atoms with Gasteiger partial charge in [0.15, 0.2) is 17.3 Å². The van der Waals surface area contributed by atoms with Gasteiger partial charge in [0.05, 0.1) is 13.2 Å². The van der Waals surface area contributed by atoms with Crippen molar-refractivity contribution in [1.29, 1.82) is 0 Å². The predicted octanol–water partition coefficient (Wildman–Crippen LogP) is 4.10. The van der Waals surface area contributed by atoms with Crippen molar-refractivity contribution in [3.05, 3.63) is 23.8 Å². The van der Waals surface area contributed by atoms with Crippen LogP contribution in [-0.4, -0.2) is 19.0 Å². The molecule has 2 saturated carbocycles. The smallest absolute Gasteiger partial charge is 0.166 e. The Morgan fingerprint density at radius 1 is 1.10 bits per heavy atom. The molecule has 1 aromatic rings. The molecule has 3 rings (SSSR count). The highest BCUT2D eigenvalue weighted by molar-refractivity contribution is 5.98. The summed E-state index contributed by atoms with van der Waals surface area (Å²) in [5.74, 6) is 3.35. The Bertz CT molecular complexity index is 523. The minimum Gasteiger partial charge on any atom is -0.490 e. The number of rotatable bonds is 6. The van der Waals surface area contributed by atoms with Crippen molar-refractivity contribution in [1.82, 2.24) is 0 Å². The molecule has 3 unspecified atom stereocenters. The normalized spacial score (nSPS) is 26.9. The van der Waals surface area contributed by atoms with E-state index in [-0.39, 0.29) is 5.92 Å². The molecule has 0 amide bonds. The van der Waals surface area contributed by atoms with E-state index < -0.39 is 0 Å². The molecule has 21 heavy (non-hydrogen) atoms. The number of benzene rings is 1. The van der Waals surface area contributed by atoms with E-state index in [1.54, 1.807) is 0 Å².